The Morgan fingerprint density at radius 1 is 1.00 bits per heavy atom. The third-order valence-electron chi connectivity index (χ3n) is 2.83. The molecule has 3 nitrogen and oxygen atoms in total. The molecule has 106 valence electrons. The highest BCUT2D eigenvalue weighted by molar-refractivity contribution is 9.10. The molecule has 0 aliphatic rings. The first kappa shape index (κ1) is 14.9. The molecule has 0 saturated carbocycles. The lowest BCUT2D eigenvalue weighted by molar-refractivity contribution is 0.215. The summed E-state index contributed by atoms with van der Waals surface area (Å²) in [6.07, 6.45) is 0. The Labute approximate surface area is 127 Å². The van der Waals surface area contributed by atoms with Crippen molar-refractivity contribution in [3.63, 3.8) is 0 Å². The van der Waals surface area contributed by atoms with Crippen molar-refractivity contribution in [2.75, 3.05) is 13.2 Å². The zero-order valence-electron chi connectivity index (χ0n) is 11.4. The standard InChI is InChI=1S/C16H18BrNO2/c1-12(18)15-4-2-3-5-16(15)20-11-10-19-14-8-6-13(17)7-9-14/h2-9,12H,10-11,18H2,1H3/t12-/m1/s1. The van der Waals surface area contributed by atoms with Gasteiger partial charge < -0.3 is 15.2 Å². The Morgan fingerprint density at radius 2 is 1.65 bits per heavy atom. The van der Waals surface area contributed by atoms with E-state index < -0.39 is 0 Å². The third-order valence-corrected chi connectivity index (χ3v) is 3.36. The van der Waals surface area contributed by atoms with Crippen molar-refractivity contribution in [3.05, 3.63) is 58.6 Å². The quantitative estimate of drug-likeness (QED) is 0.813. The van der Waals surface area contributed by atoms with E-state index in [1.807, 2.05) is 55.5 Å². The molecule has 4 heteroatoms. The van der Waals surface area contributed by atoms with Crippen LogP contribution in [0.1, 0.15) is 18.5 Å². The van der Waals surface area contributed by atoms with Gasteiger partial charge in [0.1, 0.15) is 24.7 Å². The average molecular weight is 336 g/mol. The number of nitrogens with two attached hydrogens (primary N) is 1. The highest BCUT2D eigenvalue weighted by atomic mass is 79.9. The van der Waals surface area contributed by atoms with Gasteiger partial charge in [-0.1, -0.05) is 34.1 Å². The Bertz CT molecular complexity index is 540. The van der Waals surface area contributed by atoms with Gasteiger partial charge in [-0.05, 0) is 37.3 Å². The van der Waals surface area contributed by atoms with Crippen LogP contribution >= 0.6 is 15.9 Å². The second-order valence-corrected chi connectivity index (χ2v) is 5.39. The number of ether oxygens (including phenoxy) is 2. The van der Waals surface area contributed by atoms with E-state index in [0.29, 0.717) is 13.2 Å². The molecule has 1 atom stereocenters. The second kappa shape index (κ2) is 7.31. The average Bonchev–Trinajstić information content (AvgIpc) is 2.46. The first-order valence-corrected chi connectivity index (χ1v) is 7.32. The molecule has 2 aromatic rings. The number of benzene rings is 2. The molecule has 2 aromatic carbocycles. The van der Waals surface area contributed by atoms with Gasteiger partial charge in [0, 0.05) is 16.1 Å². The fourth-order valence-corrected chi connectivity index (χ4v) is 2.09. The molecule has 0 aliphatic carbocycles. The van der Waals surface area contributed by atoms with Crippen molar-refractivity contribution in [1.82, 2.24) is 0 Å². The Morgan fingerprint density at radius 3 is 2.35 bits per heavy atom. The number of rotatable bonds is 6. The summed E-state index contributed by atoms with van der Waals surface area (Å²) in [4.78, 5) is 0. The Balaban J connectivity index is 1.83. The van der Waals surface area contributed by atoms with Gasteiger partial charge in [0.15, 0.2) is 0 Å². The summed E-state index contributed by atoms with van der Waals surface area (Å²) in [6.45, 7) is 2.93. The molecule has 0 amide bonds. The highest BCUT2D eigenvalue weighted by Crippen LogP contribution is 2.23. The smallest absolute Gasteiger partial charge is 0.124 e. The van der Waals surface area contributed by atoms with Crippen LogP contribution in [0.15, 0.2) is 53.0 Å². The molecule has 0 fully saturated rings. The molecular weight excluding hydrogens is 318 g/mol. The monoisotopic (exact) mass is 335 g/mol. The lowest BCUT2D eigenvalue weighted by Crippen LogP contribution is -2.12. The normalized spacial score (nSPS) is 11.9. The van der Waals surface area contributed by atoms with Crippen LogP contribution in [0.5, 0.6) is 11.5 Å². The van der Waals surface area contributed by atoms with Crippen LogP contribution in [0, 0.1) is 0 Å². The summed E-state index contributed by atoms with van der Waals surface area (Å²) >= 11 is 3.39. The largest absolute Gasteiger partial charge is 0.490 e. The molecule has 0 heterocycles. The molecule has 0 spiro atoms. The SMILES string of the molecule is C[C@@H](N)c1ccccc1OCCOc1ccc(Br)cc1. The highest BCUT2D eigenvalue weighted by Gasteiger charge is 2.06. The minimum atomic E-state index is -0.0430. The molecule has 2 rings (SSSR count). The van der Waals surface area contributed by atoms with Gasteiger partial charge >= 0.3 is 0 Å². The minimum Gasteiger partial charge on any atom is -0.490 e. The maximum Gasteiger partial charge on any atom is 0.124 e. The molecule has 0 aromatic heterocycles. The lowest BCUT2D eigenvalue weighted by atomic mass is 10.1. The van der Waals surface area contributed by atoms with Gasteiger partial charge in [-0.25, -0.2) is 0 Å². The zero-order valence-corrected chi connectivity index (χ0v) is 13.0. The van der Waals surface area contributed by atoms with Gasteiger partial charge in [0.05, 0.1) is 0 Å². The molecule has 20 heavy (non-hydrogen) atoms. The second-order valence-electron chi connectivity index (χ2n) is 4.48. The van der Waals surface area contributed by atoms with Crippen LogP contribution in [-0.4, -0.2) is 13.2 Å². The van der Waals surface area contributed by atoms with Crippen LogP contribution in [0.25, 0.3) is 0 Å². The van der Waals surface area contributed by atoms with Crippen molar-refractivity contribution in [2.24, 2.45) is 5.73 Å². The van der Waals surface area contributed by atoms with Crippen molar-refractivity contribution in [3.8, 4) is 11.5 Å². The van der Waals surface area contributed by atoms with Crippen LogP contribution < -0.4 is 15.2 Å². The summed E-state index contributed by atoms with van der Waals surface area (Å²) in [6, 6.07) is 15.5. The van der Waals surface area contributed by atoms with E-state index in [-0.39, 0.29) is 6.04 Å². The Kier molecular flexibility index (Phi) is 5.44. The van der Waals surface area contributed by atoms with E-state index in [0.717, 1.165) is 21.5 Å². The van der Waals surface area contributed by atoms with Gasteiger partial charge in [0.25, 0.3) is 0 Å². The molecule has 0 saturated heterocycles. The van der Waals surface area contributed by atoms with Gasteiger partial charge in [-0.3, -0.25) is 0 Å². The predicted octanol–water partition coefficient (Wildman–Crippen LogP) is 3.93. The van der Waals surface area contributed by atoms with Crippen LogP contribution in [0.4, 0.5) is 0 Å². The summed E-state index contributed by atoms with van der Waals surface area (Å²) in [7, 11) is 0. The zero-order chi connectivity index (χ0) is 14.4. The molecule has 2 N–H and O–H groups in total. The first-order chi connectivity index (χ1) is 9.66. The van der Waals surface area contributed by atoms with Crippen molar-refractivity contribution in [1.29, 1.82) is 0 Å². The van der Waals surface area contributed by atoms with E-state index in [9.17, 15) is 0 Å². The van der Waals surface area contributed by atoms with E-state index in [2.05, 4.69) is 15.9 Å². The topological polar surface area (TPSA) is 44.5 Å². The van der Waals surface area contributed by atoms with E-state index in [1.165, 1.54) is 0 Å². The number of hydrogen-bond donors (Lipinski definition) is 1. The summed E-state index contributed by atoms with van der Waals surface area (Å²) in [5.74, 6) is 1.65. The van der Waals surface area contributed by atoms with Crippen molar-refractivity contribution < 1.29 is 9.47 Å². The molecule has 0 bridgehead atoms. The van der Waals surface area contributed by atoms with E-state index in [1.54, 1.807) is 0 Å². The number of para-hydroxylation sites is 1. The van der Waals surface area contributed by atoms with Crippen LogP contribution in [-0.2, 0) is 0 Å². The van der Waals surface area contributed by atoms with E-state index in [4.69, 9.17) is 15.2 Å². The fourth-order valence-electron chi connectivity index (χ4n) is 1.83. The van der Waals surface area contributed by atoms with Gasteiger partial charge in [-0.2, -0.15) is 0 Å². The molecule has 0 unspecified atom stereocenters. The first-order valence-electron chi connectivity index (χ1n) is 6.52. The molecule has 0 radical (unpaired) electrons. The molecule has 0 aliphatic heterocycles. The maximum absolute atomic E-state index is 5.91. The maximum atomic E-state index is 5.91. The van der Waals surface area contributed by atoms with Crippen LogP contribution in [0.2, 0.25) is 0 Å². The van der Waals surface area contributed by atoms with Crippen molar-refractivity contribution in [2.45, 2.75) is 13.0 Å². The van der Waals surface area contributed by atoms with E-state index >= 15 is 0 Å². The fraction of sp³-hybridized carbons (Fsp3) is 0.250. The predicted molar refractivity (Wildman–Crippen MR) is 84.2 cm³/mol. The number of hydrogen-bond acceptors (Lipinski definition) is 3. The summed E-state index contributed by atoms with van der Waals surface area (Å²) in [5, 5.41) is 0. The third kappa shape index (κ3) is 4.25. The van der Waals surface area contributed by atoms with Crippen LogP contribution in [0.3, 0.4) is 0 Å². The van der Waals surface area contributed by atoms with Gasteiger partial charge in [-0.15, -0.1) is 0 Å². The minimum absolute atomic E-state index is 0.0430. The molecular formula is C16H18BrNO2. The van der Waals surface area contributed by atoms with Crippen molar-refractivity contribution >= 4 is 15.9 Å². The lowest BCUT2D eigenvalue weighted by Gasteiger charge is -2.14. The number of halogens is 1. The summed E-state index contributed by atoms with van der Waals surface area (Å²) < 4.78 is 12.4. The summed E-state index contributed by atoms with van der Waals surface area (Å²) in [5.41, 5.74) is 6.92. The van der Waals surface area contributed by atoms with Gasteiger partial charge in [0.2, 0.25) is 0 Å². The Hall–Kier alpha value is -1.52.